The van der Waals surface area contributed by atoms with Gasteiger partial charge in [0.1, 0.15) is 5.82 Å². The highest BCUT2D eigenvalue weighted by atomic mass is 16.1. The largest absolute Gasteiger partial charge is 0.356 e. The first kappa shape index (κ1) is 12.7. The molecule has 0 unspecified atom stereocenters. The lowest BCUT2D eigenvalue weighted by atomic mass is 10.0. The van der Waals surface area contributed by atoms with E-state index in [-0.39, 0.29) is 11.9 Å². The second kappa shape index (κ2) is 5.73. The van der Waals surface area contributed by atoms with Crippen LogP contribution in [0.25, 0.3) is 0 Å². The molecule has 0 aliphatic carbocycles. The van der Waals surface area contributed by atoms with Gasteiger partial charge in [-0.15, -0.1) is 0 Å². The minimum absolute atomic E-state index is 0.0602. The Bertz CT molecular complexity index is 546. The highest BCUT2D eigenvalue weighted by Gasteiger charge is 2.21. The molecule has 6 nitrogen and oxygen atoms in total. The number of pyridine rings is 1. The smallest absolute Gasteiger partial charge is 0.254 e. The predicted molar refractivity (Wildman–Crippen MR) is 75.5 cm³/mol. The number of aromatic amines is 1. The number of nitrogens with zero attached hydrogens (tertiary/aromatic N) is 3. The molecule has 1 saturated heterocycles. The van der Waals surface area contributed by atoms with Gasteiger partial charge in [-0.1, -0.05) is 6.07 Å². The molecule has 2 aromatic heterocycles. The lowest BCUT2D eigenvalue weighted by molar-refractivity contribution is 0.0931. The van der Waals surface area contributed by atoms with E-state index in [0.29, 0.717) is 5.56 Å². The molecule has 2 aromatic rings. The standard InChI is InChI=1S/C14H17N5O/c20-14(11-9-16-17-10-11)18-12-4-7-19(8-5-12)13-3-1-2-6-15-13/h1-3,6,9-10,12H,4-5,7-8H2,(H,16,17)(H,18,20). The number of piperidine rings is 1. The van der Waals surface area contributed by atoms with Gasteiger partial charge in [0.25, 0.3) is 5.91 Å². The van der Waals surface area contributed by atoms with Gasteiger partial charge in [-0.3, -0.25) is 9.89 Å². The molecule has 3 heterocycles. The van der Waals surface area contributed by atoms with Gasteiger partial charge in [0.05, 0.1) is 11.8 Å². The zero-order valence-electron chi connectivity index (χ0n) is 11.1. The maximum absolute atomic E-state index is 11.9. The summed E-state index contributed by atoms with van der Waals surface area (Å²) in [6, 6.07) is 6.15. The molecule has 0 spiro atoms. The minimum atomic E-state index is -0.0602. The maximum Gasteiger partial charge on any atom is 0.254 e. The number of H-pyrrole nitrogens is 1. The molecule has 1 aliphatic rings. The van der Waals surface area contributed by atoms with Crippen molar-refractivity contribution in [2.24, 2.45) is 0 Å². The average molecular weight is 271 g/mol. The van der Waals surface area contributed by atoms with Crippen LogP contribution >= 0.6 is 0 Å². The van der Waals surface area contributed by atoms with Crippen LogP contribution in [-0.4, -0.2) is 40.2 Å². The van der Waals surface area contributed by atoms with Crippen molar-refractivity contribution >= 4 is 11.7 Å². The van der Waals surface area contributed by atoms with E-state index in [4.69, 9.17) is 0 Å². The second-order valence-corrected chi connectivity index (χ2v) is 4.91. The van der Waals surface area contributed by atoms with Crippen molar-refractivity contribution in [2.45, 2.75) is 18.9 Å². The summed E-state index contributed by atoms with van der Waals surface area (Å²) >= 11 is 0. The fourth-order valence-corrected chi connectivity index (χ4v) is 2.44. The van der Waals surface area contributed by atoms with Crippen LogP contribution in [0.4, 0.5) is 5.82 Å². The molecule has 1 fully saturated rings. The number of carbonyl (C=O) groups is 1. The minimum Gasteiger partial charge on any atom is -0.356 e. The Balaban J connectivity index is 1.53. The van der Waals surface area contributed by atoms with Crippen LogP contribution < -0.4 is 10.2 Å². The molecular formula is C14H17N5O. The summed E-state index contributed by atoms with van der Waals surface area (Å²) in [6.45, 7) is 1.82. The number of rotatable bonds is 3. The van der Waals surface area contributed by atoms with Crippen molar-refractivity contribution < 1.29 is 4.79 Å². The fourth-order valence-electron chi connectivity index (χ4n) is 2.44. The fraction of sp³-hybridized carbons (Fsp3) is 0.357. The number of anilines is 1. The molecule has 3 rings (SSSR count). The third-order valence-electron chi connectivity index (χ3n) is 3.56. The van der Waals surface area contributed by atoms with E-state index in [2.05, 4.69) is 25.4 Å². The average Bonchev–Trinajstić information content (AvgIpc) is 3.03. The summed E-state index contributed by atoms with van der Waals surface area (Å²) < 4.78 is 0. The number of amides is 1. The second-order valence-electron chi connectivity index (χ2n) is 4.91. The first-order valence-electron chi connectivity index (χ1n) is 6.78. The molecule has 2 N–H and O–H groups in total. The Hall–Kier alpha value is -2.37. The number of hydrogen-bond acceptors (Lipinski definition) is 4. The Morgan fingerprint density at radius 3 is 2.85 bits per heavy atom. The number of nitrogens with one attached hydrogen (secondary N) is 2. The van der Waals surface area contributed by atoms with Gasteiger partial charge in [-0.25, -0.2) is 4.98 Å². The van der Waals surface area contributed by atoms with Gasteiger partial charge in [-0.05, 0) is 25.0 Å². The van der Waals surface area contributed by atoms with Gasteiger partial charge in [0.15, 0.2) is 0 Å². The lowest BCUT2D eigenvalue weighted by Gasteiger charge is -2.33. The maximum atomic E-state index is 11.9. The van der Waals surface area contributed by atoms with Gasteiger partial charge in [0, 0.05) is 31.5 Å². The number of aromatic nitrogens is 3. The van der Waals surface area contributed by atoms with Crippen molar-refractivity contribution in [1.29, 1.82) is 0 Å². The monoisotopic (exact) mass is 271 g/mol. The van der Waals surface area contributed by atoms with Gasteiger partial charge < -0.3 is 10.2 Å². The van der Waals surface area contributed by atoms with Crippen molar-refractivity contribution in [3.8, 4) is 0 Å². The molecule has 0 bridgehead atoms. The van der Waals surface area contributed by atoms with Crippen LogP contribution in [-0.2, 0) is 0 Å². The molecule has 104 valence electrons. The van der Waals surface area contributed by atoms with Crippen molar-refractivity contribution in [3.63, 3.8) is 0 Å². The quantitative estimate of drug-likeness (QED) is 0.880. The molecule has 0 saturated carbocycles. The van der Waals surface area contributed by atoms with Crippen molar-refractivity contribution in [2.75, 3.05) is 18.0 Å². The van der Waals surface area contributed by atoms with Gasteiger partial charge in [-0.2, -0.15) is 5.10 Å². The van der Waals surface area contributed by atoms with Gasteiger partial charge in [0.2, 0.25) is 0 Å². The SMILES string of the molecule is O=C(NC1CCN(c2ccccn2)CC1)c1cn[nH]c1. The summed E-state index contributed by atoms with van der Waals surface area (Å²) in [5.74, 6) is 0.946. The molecule has 0 radical (unpaired) electrons. The van der Waals surface area contributed by atoms with Crippen LogP contribution in [0.5, 0.6) is 0 Å². The predicted octanol–water partition coefficient (Wildman–Crippen LogP) is 1.20. The topological polar surface area (TPSA) is 73.9 Å². The lowest BCUT2D eigenvalue weighted by Crippen LogP contribution is -2.44. The van der Waals surface area contributed by atoms with E-state index in [0.717, 1.165) is 31.7 Å². The highest BCUT2D eigenvalue weighted by molar-refractivity contribution is 5.93. The Morgan fingerprint density at radius 1 is 1.35 bits per heavy atom. The van der Waals surface area contributed by atoms with E-state index >= 15 is 0 Å². The third-order valence-corrected chi connectivity index (χ3v) is 3.56. The third kappa shape index (κ3) is 2.79. The number of carbonyl (C=O) groups excluding carboxylic acids is 1. The molecule has 0 aromatic carbocycles. The van der Waals surface area contributed by atoms with Gasteiger partial charge >= 0.3 is 0 Å². The van der Waals surface area contributed by atoms with E-state index in [1.54, 1.807) is 12.4 Å². The van der Waals surface area contributed by atoms with Crippen molar-refractivity contribution in [1.82, 2.24) is 20.5 Å². The normalized spacial score (nSPS) is 16.1. The van der Waals surface area contributed by atoms with E-state index in [9.17, 15) is 4.79 Å². The number of hydrogen-bond donors (Lipinski definition) is 2. The molecule has 6 heteroatoms. The summed E-state index contributed by atoms with van der Waals surface area (Å²) in [6.07, 6.45) is 6.82. The van der Waals surface area contributed by atoms with Crippen LogP contribution in [0.15, 0.2) is 36.8 Å². The summed E-state index contributed by atoms with van der Waals surface area (Å²) in [5.41, 5.74) is 0.581. The van der Waals surface area contributed by atoms with Crippen LogP contribution in [0.3, 0.4) is 0 Å². The summed E-state index contributed by atoms with van der Waals surface area (Å²) in [5, 5.41) is 9.48. The van der Waals surface area contributed by atoms with E-state index in [1.165, 1.54) is 0 Å². The Kier molecular flexibility index (Phi) is 3.62. The molecule has 1 amide bonds. The first-order chi connectivity index (χ1) is 9.83. The zero-order valence-corrected chi connectivity index (χ0v) is 11.1. The Morgan fingerprint density at radius 2 is 2.20 bits per heavy atom. The molecule has 20 heavy (non-hydrogen) atoms. The van der Waals surface area contributed by atoms with E-state index < -0.39 is 0 Å². The summed E-state index contributed by atoms with van der Waals surface area (Å²) in [7, 11) is 0. The molecular weight excluding hydrogens is 254 g/mol. The Labute approximate surface area is 117 Å². The molecule has 1 aliphatic heterocycles. The van der Waals surface area contributed by atoms with Crippen LogP contribution in [0, 0.1) is 0 Å². The van der Waals surface area contributed by atoms with E-state index in [1.807, 2.05) is 24.4 Å². The zero-order chi connectivity index (χ0) is 13.8. The molecule has 0 atom stereocenters. The van der Waals surface area contributed by atoms with Crippen LogP contribution in [0.2, 0.25) is 0 Å². The van der Waals surface area contributed by atoms with Crippen LogP contribution in [0.1, 0.15) is 23.2 Å². The first-order valence-corrected chi connectivity index (χ1v) is 6.78. The van der Waals surface area contributed by atoms with Crippen molar-refractivity contribution in [3.05, 3.63) is 42.4 Å². The summed E-state index contributed by atoms with van der Waals surface area (Å²) in [4.78, 5) is 18.5. The highest BCUT2D eigenvalue weighted by Crippen LogP contribution is 2.17.